The van der Waals surface area contributed by atoms with Crippen molar-refractivity contribution in [1.82, 2.24) is 9.88 Å². The summed E-state index contributed by atoms with van der Waals surface area (Å²) in [5.41, 5.74) is 3.22. The summed E-state index contributed by atoms with van der Waals surface area (Å²) in [4.78, 5) is 8.25. The van der Waals surface area contributed by atoms with Gasteiger partial charge in [0, 0.05) is 38.0 Å². The topological polar surface area (TPSA) is 34.6 Å². The summed E-state index contributed by atoms with van der Waals surface area (Å²) in [5.74, 6) is 0. The second-order valence-electron chi connectivity index (χ2n) is 5.69. The van der Waals surface area contributed by atoms with Gasteiger partial charge < -0.3 is 9.47 Å². The van der Waals surface area contributed by atoms with Gasteiger partial charge in [-0.25, -0.2) is 4.98 Å². The predicted octanol–water partition coefficient (Wildman–Crippen LogP) is 2.22. The van der Waals surface area contributed by atoms with E-state index in [1.165, 1.54) is 10.6 Å². The van der Waals surface area contributed by atoms with Crippen LogP contribution in [0.4, 0.5) is 0 Å². The summed E-state index contributed by atoms with van der Waals surface area (Å²) >= 11 is 1.77. The van der Waals surface area contributed by atoms with E-state index in [4.69, 9.17) is 9.47 Å². The zero-order chi connectivity index (χ0) is 13.3. The maximum Gasteiger partial charge on any atom is 0.0832 e. The van der Waals surface area contributed by atoms with Crippen LogP contribution in [-0.2, 0) is 16.0 Å². The van der Waals surface area contributed by atoms with Gasteiger partial charge in [-0.05, 0) is 19.8 Å². The summed E-state index contributed by atoms with van der Waals surface area (Å²) < 4.78 is 11.5. The Morgan fingerprint density at radius 1 is 1.53 bits per heavy atom. The third kappa shape index (κ3) is 2.84. The van der Waals surface area contributed by atoms with E-state index < -0.39 is 0 Å². The van der Waals surface area contributed by atoms with Crippen molar-refractivity contribution in [2.75, 3.05) is 26.8 Å². The molecule has 4 nitrogen and oxygen atoms in total. The normalized spacial score (nSPS) is 27.2. The number of rotatable bonds is 3. The molecule has 1 aromatic rings. The molecule has 3 heterocycles. The standard InChI is InChI=1S/C14H22N2O2S/c1-11-13(19-10-15-11)8-16-5-3-14(4-6-16)7-12(17-2)9-18-14/h10,12H,3-9H2,1-2H3/t12-/m0/s1. The fraction of sp³-hybridized carbons (Fsp3) is 0.786. The fourth-order valence-electron chi connectivity index (χ4n) is 3.10. The lowest BCUT2D eigenvalue weighted by molar-refractivity contribution is -0.0459. The third-order valence-corrected chi connectivity index (χ3v) is 5.41. The van der Waals surface area contributed by atoms with Crippen molar-refractivity contribution in [3.63, 3.8) is 0 Å². The molecule has 3 rings (SSSR count). The van der Waals surface area contributed by atoms with Gasteiger partial charge in [-0.3, -0.25) is 4.90 Å². The van der Waals surface area contributed by atoms with Crippen molar-refractivity contribution in [2.24, 2.45) is 0 Å². The number of methoxy groups -OCH3 is 1. The first-order valence-electron chi connectivity index (χ1n) is 6.99. The van der Waals surface area contributed by atoms with E-state index in [9.17, 15) is 0 Å². The lowest BCUT2D eigenvalue weighted by Crippen LogP contribution is -2.43. The van der Waals surface area contributed by atoms with Crippen LogP contribution in [0.3, 0.4) is 0 Å². The molecule has 0 aromatic carbocycles. The number of likely N-dealkylation sites (tertiary alicyclic amines) is 1. The van der Waals surface area contributed by atoms with E-state index in [0.29, 0.717) is 6.10 Å². The van der Waals surface area contributed by atoms with Gasteiger partial charge in [0.15, 0.2) is 0 Å². The number of nitrogens with zero attached hydrogens (tertiary/aromatic N) is 2. The van der Waals surface area contributed by atoms with Crippen LogP contribution in [0.2, 0.25) is 0 Å². The Balaban J connectivity index is 1.54. The van der Waals surface area contributed by atoms with Gasteiger partial charge >= 0.3 is 0 Å². The maximum absolute atomic E-state index is 6.03. The predicted molar refractivity (Wildman–Crippen MR) is 75.5 cm³/mol. The highest BCUT2D eigenvalue weighted by molar-refractivity contribution is 7.09. The minimum Gasteiger partial charge on any atom is -0.379 e. The molecule has 0 amide bonds. The third-order valence-electron chi connectivity index (χ3n) is 4.49. The lowest BCUT2D eigenvalue weighted by Gasteiger charge is -2.38. The molecule has 5 heteroatoms. The summed E-state index contributed by atoms with van der Waals surface area (Å²) in [6.07, 6.45) is 3.63. The summed E-state index contributed by atoms with van der Waals surface area (Å²) in [5, 5.41) is 0. The molecule has 19 heavy (non-hydrogen) atoms. The molecule has 2 fully saturated rings. The first-order valence-corrected chi connectivity index (χ1v) is 7.87. The van der Waals surface area contributed by atoms with Gasteiger partial charge in [-0.1, -0.05) is 0 Å². The molecule has 0 saturated carbocycles. The Morgan fingerprint density at radius 2 is 2.32 bits per heavy atom. The Hall–Kier alpha value is -0.490. The van der Waals surface area contributed by atoms with E-state index in [1.54, 1.807) is 18.4 Å². The Morgan fingerprint density at radius 3 is 2.89 bits per heavy atom. The Bertz CT molecular complexity index is 427. The van der Waals surface area contributed by atoms with E-state index in [0.717, 1.165) is 45.5 Å². The highest BCUT2D eigenvalue weighted by Gasteiger charge is 2.42. The minimum atomic E-state index is 0.0971. The SMILES string of the molecule is CO[C@@H]1COC2(CCN(Cc3scnc3C)CC2)C1. The van der Waals surface area contributed by atoms with Crippen molar-refractivity contribution in [2.45, 2.75) is 44.4 Å². The summed E-state index contributed by atoms with van der Waals surface area (Å²) in [7, 11) is 1.79. The molecule has 2 aliphatic heterocycles. The zero-order valence-corrected chi connectivity index (χ0v) is 12.5. The highest BCUT2D eigenvalue weighted by atomic mass is 32.1. The van der Waals surface area contributed by atoms with Gasteiger partial charge in [-0.2, -0.15) is 0 Å². The molecule has 0 aliphatic carbocycles. The van der Waals surface area contributed by atoms with E-state index in [1.807, 2.05) is 5.51 Å². The van der Waals surface area contributed by atoms with Crippen LogP contribution in [0.25, 0.3) is 0 Å². The molecule has 2 saturated heterocycles. The first-order chi connectivity index (χ1) is 9.21. The van der Waals surface area contributed by atoms with Crippen molar-refractivity contribution < 1.29 is 9.47 Å². The Labute approximate surface area is 118 Å². The number of thiazole rings is 1. The molecule has 0 bridgehead atoms. The number of hydrogen-bond donors (Lipinski definition) is 0. The van der Waals surface area contributed by atoms with Crippen LogP contribution in [-0.4, -0.2) is 48.4 Å². The molecule has 1 spiro atoms. The zero-order valence-electron chi connectivity index (χ0n) is 11.7. The van der Waals surface area contributed by atoms with Crippen LogP contribution in [0.15, 0.2) is 5.51 Å². The van der Waals surface area contributed by atoms with Crippen LogP contribution in [0, 0.1) is 6.92 Å². The first kappa shape index (κ1) is 13.5. The van der Waals surface area contributed by atoms with Crippen LogP contribution < -0.4 is 0 Å². The number of hydrogen-bond acceptors (Lipinski definition) is 5. The van der Waals surface area contributed by atoms with Gasteiger partial charge in [0.25, 0.3) is 0 Å². The molecule has 0 unspecified atom stereocenters. The molecule has 1 aromatic heterocycles. The number of aromatic nitrogens is 1. The van der Waals surface area contributed by atoms with Crippen LogP contribution in [0.5, 0.6) is 0 Å². The van der Waals surface area contributed by atoms with Gasteiger partial charge in [0.2, 0.25) is 0 Å². The van der Waals surface area contributed by atoms with Gasteiger partial charge in [-0.15, -0.1) is 11.3 Å². The molecular weight excluding hydrogens is 260 g/mol. The second-order valence-corrected chi connectivity index (χ2v) is 6.63. The van der Waals surface area contributed by atoms with E-state index in [2.05, 4.69) is 16.8 Å². The monoisotopic (exact) mass is 282 g/mol. The molecule has 106 valence electrons. The number of ether oxygens (including phenoxy) is 2. The molecule has 0 N–H and O–H groups in total. The van der Waals surface area contributed by atoms with Gasteiger partial charge in [0.1, 0.15) is 0 Å². The fourth-order valence-corrected chi connectivity index (χ4v) is 3.92. The van der Waals surface area contributed by atoms with E-state index in [-0.39, 0.29) is 5.60 Å². The van der Waals surface area contributed by atoms with Crippen molar-refractivity contribution in [3.8, 4) is 0 Å². The quantitative estimate of drug-likeness (QED) is 0.851. The van der Waals surface area contributed by atoms with Crippen molar-refractivity contribution in [3.05, 3.63) is 16.1 Å². The summed E-state index contributed by atoms with van der Waals surface area (Å²) in [6, 6.07) is 0. The largest absolute Gasteiger partial charge is 0.379 e. The molecule has 1 atom stereocenters. The highest BCUT2D eigenvalue weighted by Crippen LogP contribution is 2.37. The van der Waals surface area contributed by atoms with E-state index >= 15 is 0 Å². The Kier molecular flexibility index (Phi) is 3.89. The lowest BCUT2D eigenvalue weighted by atomic mass is 9.88. The number of piperidine rings is 1. The second kappa shape index (κ2) is 5.48. The average Bonchev–Trinajstić information content (AvgIpc) is 3.01. The average molecular weight is 282 g/mol. The van der Waals surface area contributed by atoms with Crippen molar-refractivity contribution in [1.29, 1.82) is 0 Å². The van der Waals surface area contributed by atoms with Crippen LogP contribution >= 0.6 is 11.3 Å². The van der Waals surface area contributed by atoms with Crippen molar-refractivity contribution >= 4 is 11.3 Å². The van der Waals surface area contributed by atoms with Gasteiger partial charge in [0.05, 0.1) is 29.5 Å². The number of aryl methyl sites for hydroxylation is 1. The maximum atomic E-state index is 6.03. The molecule has 2 aliphatic rings. The summed E-state index contributed by atoms with van der Waals surface area (Å²) in [6.45, 7) is 6.15. The molecule has 0 radical (unpaired) electrons. The molecular formula is C14H22N2O2S. The smallest absolute Gasteiger partial charge is 0.0832 e. The minimum absolute atomic E-state index is 0.0971. The van der Waals surface area contributed by atoms with Crippen LogP contribution in [0.1, 0.15) is 29.8 Å².